The summed E-state index contributed by atoms with van der Waals surface area (Å²) in [7, 11) is 1.56. The van der Waals surface area contributed by atoms with Crippen molar-refractivity contribution in [1.29, 1.82) is 0 Å². The zero-order valence-electron chi connectivity index (χ0n) is 10.7. The number of nitrogens with two attached hydrogens (primary N) is 1. The molecule has 0 amide bonds. The lowest BCUT2D eigenvalue weighted by atomic mass is 10.00. The molecule has 94 valence electrons. The predicted octanol–water partition coefficient (Wildman–Crippen LogP) is 1.87. The maximum absolute atomic E-state index is 11.6. The first kappa shape index (κ1) is 13.5. The van der Waals surface area contributed by atoms with E-state index in [4.69, 9.17) is 15.2 Å². The highest BCUT2D eigenvalue weighted by Gasteiger charge is 2.21. The number of carbonyl (C=O) groups is 1. The van der Waals surface area contributed by atoms with E-state index >= 15 is 0 Å². The van der Waals surface area contributed by atoms with Crippen LogP contribution in [0, 0.1) is 13.8 Å². The lowest BCUT2D eigenvalue weighted by Gasteiger charge is -2.16. The van der Waals surface area contributed by atoms with Crippen molar-refractivity contribution in [2.75, 3.05) is 13.7 Å². The molecule has 1 rings (SSSR count). The number of ether oxygens (including phenoxy) is 2. The van der Waals surface area contributed by atoms with Gasteiger partial charge in [-0.25, -0.2) is 4.79 Å². The second-order valence-electron chi connectivity index (χ2n) is 3.91. The second-order valence-corrected chi connectivity index (χ2v) is 3.91. The van der Waals surface area contributed by atoms with Crippen LogP contribution in [0.1, 0.15) is 29.7 Å². The summed E-state index contributed by atoms with van der Waals surface area (Å²) in [5, 5.41) is 0. The SMILES string of the molecule is CCOC(=O)C(N)c1cc(C)c(C)cc1OC. The maximum atomic E-state index is 11.6. The average Bonchev–Trinajstić information content (AvgIpc) is 2.31. The van der Waals surface area contributed by atoms with Crippen LogP contribution in [0.25, 0.3) is 0 Å². The molecule has 0 fully saturated rings. The summed E-state index contributed by atoms with van der Waals surface area (Å²) in [5.74, 6) is 0.183. The van der Waals surface area contributed by atoms with Crippen LogP contribution in [0.5, 0.6) is 5.75 Å². The van der Waals surface area contributed by atoms with E-state index in [2.05, 4.69) is 0 Å². The first-order chi connectivity index (χ1) is 8.01. The van der Waals surface area contributed by atoms with Crippen LogP contribution in [-0.4, -0.2) is 19.7 Å². The summed E-state index contributed by atoms with van der Waals surface area (Å²) < 4.78 is 10.2. The normalized spacial score (nSPS) is 12.1. The molecule has 0 heterocycles. The van der Waals surface area contributed by atoms with Crippen molar-refractivity contribution < 1.29 is 14.3 Å². The fourth-order valence-corrected chi connectivity index (χ4v) is 1.59. The standard InChI is InChI=1S/C13H19NO3/c1-5-17-13(15)12(14)10-6-8(2)9(3)7-11(10)16-4/h6-7,12H,5,14H2,1-4H3. The van der Waals surface area contributed by atoms with Gasteiger partial charge in [-0.05, 0) is 44.0 Å². The molecule has 0 aliphatic rings. The Morgan fingerprint density at radius 2 is 1.94 bits per heavy atom. The Kier molecular flexibility index (Phi) is 4.52. The molecule has 2 N–H and O–H groups in total. The van der Waals surface area contributed by atoms with Gasteiger partial charge < -0.3 is 15.2 Å². The van der Waals surface area contributed by atoms with Crippen LogP contribution in [-0.2, 0) is 9.53 Å². The molecule has 0 aromatic heterocycles. The molecule has 0 radical (unpaired) electrons. The minimum absolute atomic E-state index is 0.319. The van der Waals surface area contributed by atoms with Crippen molar-refractivity contribution in [3.8, 4) is 5.75 Å². The molecular weight excluding hydrogens is 218 g/mol. The third-order valence-electron chi connectivity index (χ3n) is 2.72. The molecule has 4 heteroatoms. The van der Waals surface area contributed by atoms with Gasteiger partial charge in [-0.15, -0.1) is 0 Å². The van der Waals surface area contributed by atoms with Gasteiger partial charge in [0, 0.05) is 5.56 Å². The van der Waals surface area contributed by atoms with E-state index in [0.717, 1.165) is 11.1 Å². The summed E-state index contributed by atoms with van der Waals surface area (Å²) in [6.07, 6.45) is 0. The van der Waals surface area contributed by atoms with E-state index in [0.29, 0.717) is 17.9 Å². The van der Waals surface area contributed by atoms with Gasteiger partial charge in [0.15, 0.2) is 0 Å². The predicted molar refractivity (Wildman–Crippen MR) is 66.0 cm³/mol. The first-order valence-corrected chi connectivity index (χ1v) is 5.58. The lowest BCUT2D eigenvalue weighted by molar-refractivity contribution is -0.144. The lowest BCUT2D eigenvalue weighted by Crippen LogP contribution is -2.24. The number of hydrogen-bond acceptors (Lipinski definition) is 4. The van der Waals surface area contributed by atoms with Crippen LogP contribution < -0.4 is 10.5 Å². The highest BCUT2D eigenvalue weighted by molar-refractivity contribution is 5.78. The summed E-state index contributed by atoms with van der Waals surface area (Å²) in [5.41, 5.74) is 8.70. The van der Waals surface area contributed by atoms with Gasteiger partial charge in [-0.2, -0.15) is 0 Å². The Bertz CT molecular complexity index is 415. The molecule has 0 bridgehead atoms. The van der Waals surface area contributed by atoms with E-state index in [1.807, 2.05) is 26.0 Å². The first-order valence-electron chi connectivity index (χ1n) is 5.58. The van der Waals surface area contributed by atoms with Crippen molar-refractivity contribution in [2.24, 2.45) is 5.73 Å². The van der Waals surface area contributed by atoms with Crippen molar-refractivity contribution in [3.63, 3.8) is 0 Å². The molecule has 1 aromatic rings. The zero-order chi connectivity index (χ0) is 13.0. The largest absolute Gasteiger partial charge is 0.496 e. The number of carbonyl (C=O) groups excluding carboxylic acids is 1. The molecule has 0 spiro atoms. The van der Waals surface area contributed by atoms with Crippen LogP contribution in [0.4, 0.5) is 0 Å². The van der Waals surface area contributed by atoms with Crippen LogP contribution in [0.3, 0.4) is 0 Å². The Morgan fingerprint density at radius 3 is 2.47 bits per heavy atom. The molecule has 0 aliphatic heterocycles. The van der Waals surface area contributed by atoms with Gasteiger partial charge in [-0.1, -0.05) is 0 Å². The van der Waals surface area contributed by atoms with Crippen LogP contribution >= 0.6 is 0 Å². The molecule has 0 saturated heterocycles. The molecule has 1 aromatic carbocycles. The molecule has 0 saturated carbocycles. The van der Waals surface area contributed by atoms with Crippen molar-refractivity contribution in [1.82, 2.24) is 0 Å². The number of aryl methyl sites for hydroxylation is 2. The average molecular weight is 237 g/mol. The monoisotopic (exact) mass is 237 g/mol. The van der Waals surface area contributed by atoms with Gasteiger partial charge in [0.05, 0.1) is 13.7 Å². The smallest absolute Gasteiger partial charge is 0.327 e. The van der Waals surface area contributed by atoms with Gasteiger partial charge >= 0.3 is 5.97 Å². The van der Waals surface area contributed by atoms with Crippen molar-refractivity contribution in [2.45, 2.75) is 26.8 Å². The Labute approximate surface area is 102 Å². The number of methoxy groups -OCH3 is 1. The quantitative estimate of drug-likeness (QED) is 0.812. The Morgan fingerprint density at radius 1 is 1.35 bits per heavy atom. The van der Waals surface area contributed by atoms with Crippen LogP contribution in [0.15, 0.2) is 12.1 Å². The van der Waals surface area contributed by atoms with Crippen LogP contribution in [0.2, 0.25) is 0 Å². The highest BCUT2D eigenvalue weighted by atomic mass is 16.5. The molecular formula is C13H19NO3. The van der Waals surface area contributed by atoms with Gasteiger partial charge in [-0.3, -0.25) is 0 Å². The molecule has 1 atom stereocenters. The summed E-state index contributed by atoms with van der Waals surface area (Å²) in [6.45, 7) is 6.02. The van der Waals surface area contributed by atoms with E-state index < -0.39 is 12.0 Å². The minimum atomic E-state index is -0.802. The number of rotatable bonds is 4. The van der Waals surface area contributed by atoms with Gasteiger partial charge in [0.2, 0.25) is 0 Å². The maximum Gasteiger partial charge on any atom is 0.327 e. The molecule has 4 nitrogen and oxygen atoms in total. The molecule has 1 unspecified atom stereocenters. The van der Waals surface area contributed by atoms with E-state index in [1.165, 1.54) is 0 Å². The van der Waals surface area contributed by atoms with E-state index in [9.17, 15) is 4.79 Å². The molecule has 17 heavy (non-hydrogen) atoms. The van der Waals surface area contributed by atoms with E-state index in [1.54, 1.807) is 14.0 Å². The van der Waals surface area contributed by atoms with Crippen molar-refractivity contribution in [3.05, 3.63) is 28.8 Å². The van der Waals surface area contributed by atoms with Crippen molar-refractivity contribution >= 4 is 5.97 Å². The van der Waals surface area contributed by atoms with Gasteiger partial charge in [0.25, 0.3) is 0 Å². The molecule has 0 aliphatic carbocycles. The topological polar surface area (TPSA) is 61.5 Å². The fraction of sp³-hybridized carbons (Fsp3) is 0.462. The summed E-state index contributed by atoms with van der Waals surface area (Å²) >= 11 is 0. The van der Waals surface area contributed by atoms with E-state index in [-0.39, 0.29) is 0 Å². The van der Waals surface area contributed by atoms with Gasteiger partial charge in [0.1, 0.15) is 11.8 Å². The fourth-order valence-electron chi connectivity index (χ4n) is 1.59. The third kappa shape index (κ3) is 2.97. The number of hydrogen-bond donors (Lipinski definition) is 1. The zero-order valence-corrected chi connectivity index (χ0v) is 10.7. The summed E-state index contributed by atoms with van der Waals surface area (Å²) in [4.78, 5) is 11.6. The third-order valence-corrected chi connectivity index (χ3v) is 2.72. The highest BCUT2D eigenvalue weighted by Crippen LogP contribution is 2.28. The minimum Gasteiger partial charge on any atom is -0.496 e. The number of benzene rings is 1. The number of esters is 1. The Hall–Kier alpha value is -1.55. The summed E-state index contributed by atoms with van der Waals surface area (Å²) in [6, 6.07) is 2.95. The Balaban J connectivity index is 3.11. The second kappa shape index (κ2) is 5.68.